The van der Waals surface area contributed by atoms with Gasteiger partial charge in [0.15, 0.2) is 12.4 Å². The van der Waals surface area contributed by atoms with E-state index in [-0.39, 0.29) is 17.9 Å². The van der Waals surface area contributed by atoms with Crippen molar-refractivity contribution in [3.05, 3.63) is 54.1 Å². The number of aromatic nitrogens is 4. The van der Waals surface area contributed by atoms with E-state index >= 15 is 0 Å². The number of nitrogens with one attached hydrogen (secondary N) is 1. The fraction of sp³-hybridized carbons (Fsp3) is 0.364. The predicted octanol–water partition coefficient (Wildman–Crippen LogP) is 3.99. The van der Waals surface area contributed by atoms with Crippen LogP contribution in [0, 0.1) is 0 Å². The first-order chi connectivity index (χ1) is 13.9. The third-order valence-electron chi connectivity index (χ3n) is 4.87. The van der Waals surface area contributed by atoms with Gasteiger partial charge in [-0.15, -0.1) is 5.10 Å². The van der Waals surface area contributed by atoms with Crippen LogP contribution in [0.1, 0.15) is 45.2 Å². The van der Waals surface area contributed by atoms with Crippen molar-refractivity contribution in [1.82, 2.24) is 20.2 Å². The Hall–Kier alpha value is -3.22. The molecule has 1 N–H and O–H groups in total. The van der Waals surface area contributed by atoms with Gasteiger partial charge >= 0.3 is 0 Å². The highest BCUT2D eigenvalue weighted by Crippen LogP contribution is 2.36. The van der Waals surface area contributed by atoms with Gasteiger partial charge in [-0.05, 0) is 64.6 Å². The maximum absolute atomic E-state index is 12.3. The van der Waals surface area contributed by atoms with Crippen molar-refractivity contribution in [2.24, 2.45) is 0 Å². The zero-order valence-electron chi connectivity index (χ0n) is 16.9. The molecule has 1 amide bonds. The third kappa shape index (κ3) is 4.45. The van der Waals surface area contributed by atoms with Gasteiger partial charge in [-0.3, -0.25) is 4.79 Å². The summed E-state index contributed by atoms with van der Waals surface area (Å²) < 4.78 is 7.66. The minimum absolute atomic E-state index is 0.0469. The van der Waals surface area contributed by atoms with Gasteiger partial charge in [0.1, 0.15) is 5.75 Å². The monoisotopic (exact) mass is 391 g/mol. The van der Waals surface area contributed by atoms with Gasteiger partial charge in [0, 0.05) is 11.3 Å². The lowest BCUT2D eigenvalue weighted by atomic mass is 9.86. The SMILES string of the molecule is CC(C)(C)c1ccccc1OCC(=O)Nc1ccc(-c2nnnn2C2CC2)cc1. The highest BCUT2D eigenvalue weighted by molar-refractivity contribution is 5.92. The molecule has 1 aromatic heterocycles. The van der Waals surface area contributed by atoms with Crippen LogP contribution >= 0.6 is 0 Å². The zero-order chi connectivity index (χ0) is 20.4. The van der Waals surface area contributed by atoms with Crippen LogP contribution in [0.4, 0.5) is 5.69 Å². The Kier molecular flexibility index (Phi) is 5.05. The summed E-state index contributed by atoms with van der Waals surface area (Å²) in [5, 5.41) is 14.9. The second-order valence-electron chi connectivity index (χ2n) is 8.34. The Morgan fingerprint density at radius 1 is 1.14 bits per heavy atom. The molecule has 0 saturated heterocycles. The summed E-state index contributed by atoms with van der Waals surface area (Å²) in [6.45, 7) is 6.32. The molecular weight excluding hydrogens is 366 g/mol. The molecule has 7 nitrogen and oxygen atoms in total. The molecule has 1 fully saturated rings. The molecule has 7 heteroatoms. The molecule has 4 rings (SSSR count). The molecule has 0 unspecified atom stereocenters. The van der Waals surface area contributed by atoms with Crippen molar-refractivity contribution in [1.29, 1.82) is 0 Å². The number of hydrogen-bond donors (Lipinski definition) is 1. The maximum Gasteiger partial charge on any atom is 0.262 e. The van der Waals surface area contributed by atoms with Crippen LogP contribution < -0.4 is 10.1 Å². The van der Waals surface area contributed by atoms with Crippen LogP contribution in [0.3, 0.4) is 0 Å². The smallest absolute Gasteiger partial charge is 0.262 e. The second kappa shape index (κ2) is 7.66. The summed E-state index contributed by atoms with van der Waals surface area (Å²) >= 11 is 0. The van der Waals surface area contributed by atoms with Crippen LogP contribution in [-0.2, 0) is 10.2 Å². The number of anilines is 1. The van der Waals surface area contributed by atoms with E-state index in [0.29, 0.717) is 11.7 Å². The second-order valence-corrected chi connectivity index (χ2v) is 8.34. The first-order valence-corrected chi connectivity index (χ1v) is 9.82. The molecule has 1 heterocycles. The molecule has 150 valence electrons. The maximum atomic E-state index is 12.3. The first kappa shape index (κ1) is 19.1. The number of hydrogen-bond acceptors (Lipinski definition) is 5. The Bertz CT molecular complexity index is 1000. The van der Waals surface area contributed by atoms with Crippen LogP contribution in [0.5, 0.6) is 5.75 Å². The molecule has 0 bridgehead atoms. The largest absolute Gasteiger partial charge is 0.483 e. The van der Waals surface area contributed by atoms with Gasteiger partial charge in [-0.2, -0.15) is 0 Å². The topological polar surface area (TPSA) is 81.9 Å². The molecule has 0 radical (unpaired) electrons. The van der Waals surface area contributed by atoms with Crippen molar-refractivity contribution in [3.8, 4) is 17.1 Å². The molecule has 0 atom stereocenters. The van der Waals surface area contributed by atoms with Crippen LogP contribution in [0.25, 0.3) is 11.4 Å². The van der Waals surface area contributed by atoms with E-state index in [9.17, 15) is 4.79 Å². The van der Waals surface area contributed by atoms with Crippen molar-refractivity contribution in [2.75, 3.05) is 11.9 Å². The first-order valence-electron chi connectivity index (χ1n) is 9.82. The summed E-state index contributed by atoms with van der Waals surface area (Å²) in [5.41, 5.74) is 2.65. The van der Waals surface area contributed by atoms with Crippen molar-refractivity contribution in [2.45, 2.75) is 45.1 Å². The average Bonchev–Trinajstić information content (AvgIpc) is 3.43. The van der Waals surface area contributed by atoms with Crippen LogP contribution in [-0.4, -0.2) is 32.7 Å². The number of para-hydroxylation sites is 1. The zero-order valence-corrected chi connectivity index (χ0v) is 16.9. The lowest BCUT2D eigenvalue weighted by Gasteiger charge is -2.22. The molecule has 1 saturated carbocycles. The standard InChI is InChI=1S/C22H25N5O2/c1-22(2,3)18-6-4-5-7-19(18)29-14-20(28)23-16-10-8-15(9-11-16)21-24-25-26-27(21)17-12-13-17/h4-11,17H,12-14H2,1-3H3,(H,23,28). The minimum Gasteiger partial charge on any atom is -0.483 e. The number of carbonyl (C=O) groups excluding carboxylic acids is 1. The Labute approximate surface area is 170 Å². The summed E-state index contributed by atoms with van der Waals surface area (Å²) in [7, 11) is 0. The average molecular weight is 391 g/mol. The molecule has 2 aromatic carbocycles. The summed E-state index contributed by atoms with van der Waals surface area (Å²) in [6.07, 6.45) is 2.23. The van der Waals surface area contributed by atoms with Gasteiger partial charge in [0.2, 0.25) is 0 Å². The van der Waals surface area contributed by atoms with Gasteiger partial charge in [-0.1, -0.05) is 39.0 Å². The molecule has 0 spiro atoms. The number of tetrazole rings is 1. The highest BCUT2D eigenvalue weighted by atomic mass is 16.5. The number of benzene rings is 2. The molecule has 1 aliphatic carbocycles. The van der Waals surface area contributed by atoms with E-state index in [1.54, 1.807) is 0 Å². The third-order valence-corrected chi connectivity index (χ3v) is 4.87. The Morgan fingerprint density at radius 3 is 2.55 bits per heavy atom. The lowest BCUT2D eigenvalue weighted by Crippen LogP contribution is -2.21. The van der Waals surface area contributed by atoms with Gasteiger partial charge < -0.3 is 10.1 Å². The number of rotatable bonds is 6. The van der Waals surface area contributed by atoms with Gasteiger partial charge in [0.05, 0.1) is 6.04 Å². The predicted molar refractivity (Wildman–Crippen MR) is 111 cm³/mol. The van der Waals surface area contributed by atoms with E-state index < -0.39 is 0 Å². The number of amides is 1. The number of carbonyl (C=O) groups is 1. The lowest BCUT2D eigenvalue weighted by molar-refractivity contribution is -0.118. The fourth-order valence-electron chi connectivity index (χ4n) is 3.20. The van der Waals surface area contributed by atoms with Crippen LogP contribution in [0.2, 0.25) is 0 Å². The molecule has 0 aliphatic heterocycles. The molecule has 1 aliphatic rings. The minimum atomic E-state index is -0.204. The fourth-order valence-corrected chi connectivity index (χ4v) is 3.20. The summed E-state index contributed by atoms with van der Waals surface area (Å²) in [5.74, 6) is 1.29. The van der Waals surface area contributed by atoms with E-state index in [2.05, 4.69) is 41.6 Å². The van der Waals surface area contributed by atoms with Crippen molar-refractivity contribution in [3.63, 3.8) is 0 Å². The van der Waals surface area contributed by atoms with Crippen molar-refractivity contribution < 1.29 is 9.53 Å². The number of nitrogens with zero attached hydrogens (tertiary/aromatic N) is 4. The van der Waals surface area contributed by atoms with E-state index in [1.807, 2.05) is 53.2 Å². The van der Waals surface area contributed by atoms with E-state index in [0.717, 1.165) is 35.5 Å². The number of ether oxygens (including phenoxy) is 1. The van der Waals surface area contributed by atoms with Gasteiger partial charge in [-0.25, -0.2) is 4.68 Å². The quantitative estimate of drug-likeness (QED) is 0.687. The van der Waals surface area contributed by atoms with Crippen LogP contribution in [0.15, 0.2) is 48.5 Å². The Balaban J connectivity index is 1.38. The summed E-state index contributed by atoms with van der Waals surface area (Å²) in [4.78, 5) is 12.3. The summed E-state index contributed by atoms with van der Waals surface area (Å²) in [6, 6.07) is 15.8. The molecule has 29 heavy (non-hydrogen) atoms. The van der Waals surface area contributed by atoms with Crippen molar-refractivity contribution >= 4 is 11.6 Å². The highest BCUT2D eigenvalue weighted by Gasteiger charge is 2.28. The molecule has 3 aromatic rings. The molecular formula is C22H25N5O2. The van der Waals surface area contributed by atoms with E-state index in [1.165, 1.54) is 0 Å². The van der Waals surface area contributed by atoms with E-state index in [4.69, 9.17) is 4.74 Å². The van der Waals surface area contributed by atoms with Gasteiger partial charge in [0.25, 0.3) is 5.91 Å². The Morgan fingerprint density at radius 2 is 1.86 bits per heavy atom. The normalized spacial score (nSPS) is 13.9.